The van der Waals surface area contributed by atoms with Gasteiger partial charge >= 0.3 is 12.2 Å². The number of fused-ring (bicyclic) bond motifs is 3. The predicted octanol–water partition coefficient (Wildman–Crippen LogP) is 3.58. The van der Waals surface area contributed by atoms with Gasteiger partial charge in [-0.15, -0.1) is 0 Å². The maximum atomic E-state index is 14.2. The van der Waals surface area contributed by atoms with Gasteiger partial charge in [-0.1, -0.05) is 11.6 Å². The molecule has 0 unspecified atom stereocenters. The largest absolute Gasteiger partial charge is 0.401 e. The van der Waals surface area contributed by atoms with Gasteiger partial charge in [0.1, 0.15) is 23.2 Å². The van der Waals surface area contributed by atoms with Crippen LogP contribution in [0.25, 0.3) is 11.5 Å². The van der Waals surface area contributed by atoms with Crippen molar-refractivity contribution in [2.75, 3.05) is 16.8 Å². The van der Waals surface area contributed by atoms with Crippen molar-refractivity contribution < 1.29 is 18.0 Å². The van der Waals surface area contributed by atoms with Crippen molar-refractivity contribution >= 4 is 34.7 Å². The summed E-state index contributed by atoms with van der Waals surface area (Å²) in [5.74, 6) is 0.0513. The SMILES string of the molecule is C[C@@]1(C(F)(F)F)CN(C(=O)Nc2cnc(-n3nccc3C#N)c(C#N)c2)c2cnc3cc(Cl)nn3c21. The summed E-state index contributed by atoms with van der Waals surface area (Å²) in [6.07, 6.45) is -1.02. The topological polar surface area (TPSA) is 141 Å². The zero-order valence-electron chi connectivity index (χ0n) is 18.1. The zero-order chi connectivity index (χ0) is 25.8. The van der Waals surface area contributed by atoms with Crippen molar-refractivity contribution in [2.24, 2.45) is 0 Å². The molecule has 180 valence electrons. The van der Waals surface area contributed by atoms with E-state index in [9.17, 15) is 28.5 Å². The Morgan fingerprint density at radius 3 is 2.69 bits per heavy atom. The smallest absolute Gasteiger partial charge is 0.306 e. The van der Waals surface area contributed by atoms with E-state index in [2.05, 4.69) is 25.5 Å². The number of nitrogens with zero attached hydrogens (tertiary/aromatic N) is 9. The van der Waals surface area contributed by atoms with Crippen molar-refractivity contribution in [3.63, 3.8) is 0 Å². The number of rotatable bonds is 2. The van der Waals surface area contributed by atoms with Crippen LogP contribution in [0.2, 0.25) is 5.15 Å². The lowest BCUT2D eigenvalue weighted by Gasteiger charge is -2.28. The highest BCUT2D eigenvalue weighted by atomic mass is 35.5. The van der Waals surface area contributed by atoms with Gasteiger partial charge in [0, 0.05) is 12.6 Å². The number of alkyl halides is 3. The Morgan fingerprint density at radius 1 is 1.22 bits per heavy atom. The van der Waals surface area contributed by atoms with Crippen LogP contribution in [0.1, 0.15) is 23.9 Å². The summed E-state index contributed by atoms with van der Waals surface area (Å²) in [5, 5.41) is 29.1. The predicted molar refractivity (Wildman–Crippen MR) is 119 cm³/mol. The first-order chi connectivity index (χ1) is 17.1. The first-order valence-electron chi connectivity index (χ1n) is 10.1. The first-order valence-corrected chi connectivity index (χ1v) is 10.5. The zero-order valence-corrected chi connectivity index (χ0v) is 18.9. The molecule has 11 nitrogen and oxygen atoms in total. The van der Waals surface area contributed by atoms with Crippen molar-refractivity contribution in [3.8, 4) is 18.0 Å². The number of halogens is 4. The summed E-state index contributed by atoms with van der Waals surface area (Å²) in [5.41, 5.74) is -2.59. The molecule has 1 aliphatic heterocycles. The third-order valence-corrected chi connectivity index (χ3v) is 5.97. The van der Waals surface area contributed by atoms with Crippen LogP contribution in [0, 0.1) is 22.7 Å². The molecule has 4 aromatic heterocycles. The van der Waals surface area contributed by atoms with E-state index in [0.717, 1.165) is 27.2 Å². The Bertz CT molecular complexity index is 1630. The highest BCUT2D eigenvalue weighted by Gasteiger charge is 2.60. The Morgan fingerprint density at radius 2 is 2.00 bits per heavy atom. The van der Waals surface area contributed by atoms with Crippen LogP contribution < -0.4 is 10.2 Å². The Balaban J connectivity index is 1.52. The maximum absolute atomic E-state index is 14.2. The number of aromatic nitrogens is 6. The van der Waals surface area contributed by atoms with E-state index in [1.54, 1.807) is 0 Å². The fourth-order valence-corrected chi connectivity index (χ4v) is 4.19. The Labute approximate surface area is 205 Å². The van der Waals surface area contributed by atoms with Gasteiger partial charge in [0.2, 0.25) is 0 Å². The van der Waals surface area contributed by atoms with Crippen LogP contribution >= 0.6 is 11.6 Å². The molecule has 0 spiro atoms. The Hall–Kier alpha value is -4.69. The third kappa shape index (κ3) is 3.38. The van der Waals surface area contributed by atoms with Gasteiger partial charge in [0.15, 0.2) is 16.6 Å². The highest BCUT2D eigenvalue weighted by molar-refractivity contribution is 6.29. The van der Waals surface area contributed by atoms with Crippen molar-refractivity contribution in [1.29, 1.82) is 10.5 Å². The van der Waals surface area contributed by atoms with Crippen molar-refractivity contribution in [1.82, 2.24) is 29.4 Å². The van der Waals surface area contributed by atoms with Crippen LogP contribution in [0.15, 0.2) is 36.8 Å². The monoisotopic (exact) mass is 512 g/mol. The minimum Gasteiger partial charge on any atom is -0.306 e. The summed E-state index contributed by atoms with van der Waals surface area (Å²) in [6, 6.07) is 6.94. The van der Waals surface area contributed by atoms with Crippen LogP contribution in [-0.4, -0.2) is 48.1 Å². The van der Waals surface area contributed by atoms with E-state index in [0.29, 0.717) is 0 Å². The summed E-state index contributed by atoms with van der Waals surface area (Å²) in [7, 11) is 0. The van der Waals surface area contributed by atoms with Gasteiger partial charge in [0.25, 0.3) is 0 Å². The molecule has 36 heavy (non-hydrogen) atoms. The van der Waals surface area contributed by atoms with E-state index in [-0.39, 0.29) is 44.9 Å². The second-order valence-electron chi connectivity index (χ2n) is 8.02. The maximum Gasteiger partial charge on any atom is 0.401 e. The molecule has 0 saturated heterocycles. The molecule has 0 radical (unpaired) electrons. The van der Waals surface area contributed by atoms with Gasteiger partial charge < -0.3 is 5.32 Å². The standard InChI is InChI=1S/C21H12ClF3N10O/c1-20(21(23,24)25)10-33(14-9-28-16-5-15(22)32-35(16)17(14)20)19(36)31-12-4-11(6-26)18(29-8-12)34-13(7-27)2-3-30-34/h2-5,8-9H,10H2,1H3,(H,31,36)/t20-/m1/s1. The average molecular weight is 513 g/mol. The van der Waals surface area contributed by atoms with E-state index >= 15 is 0 Å². The van der Waals surface area contributed by atoms with E-state index in [1.807, 2.05) is 12.1 Å². The van der Waals surface area contributed by atoms with Gasteiger partial charge in [-0.25, -0.2) is 24.0 Å². The molecule has 0 aliphatic carbocycles. The number of pyridine rings is 1. The lowest BCUT2D eigenvalue weighted by Crippen LogP contribution is -2.46. The van der Waals surface area contributed by atoms with Crippen LogP contribution in [0.3, 0.4) is 0 Å². The second-order valence-corrected chi connectivity index (χ2v) is 8.41. The summed E-state index contributed by atoms with van der Waals surface area (Å²) < 4.78 is 44.8. The second kappa shape index (κ2) is 7.93. The molecule has 2 amide bonds. The van der Waals surface area contributed by atoms with Crippen LogP contribution in [-0.2, 0) is 5.41 Å². The van der Waals surface area contributed by atoms with Gasteiger partial charge in [-0.3, -0.25) is 4.90 Å². The summed E-state index contributed by atoms with van der Waals surface area (Å²) >= 11 is 5.89. The number of carbonyl (C=O) groups is 1. The number of hydrogen-bond donors (Lipinski definition) is 1. The average Bonchev–Trinajstić information content (AvgIpc) is 3.53. The Kier molecular flexibility index (Phi) is 5.08. The first kappa shape index (κ1) is 23.1. The fourth-order valence-electron chi connectivity index (χ4n) is 4.02. The number of hydrogen-bond acceptors (Lipinski definition) is 7. The molecule has 5 heterocycles. The molecule has 0 aromatic carbocycles. The lowest BCUT2D eigenvalue weighted by molar-refractivity contribution is -0.181. The summed E-state index contributed by atoms with van der Waals surface area (Å²) in [4.78, 5) is 22.2. The van der Waals surface area contributed by atoms with Gasteiger partial charge in [0.05, 0.1) is 41.2 Å². The number of urea groups is 1. The third-order valence-electron chi connectivity index (χ3n) is 5.79. The number of carbonyl (C=O) groups excluding carboxylic acids is 1. The molecule has 15 heteroatoms. The van der Waals surface area contributed by atoms with Crippen molar-refractivity contribution in [2.45, 2.75) is 18.5 Å². The van der Waals surface area contributed by atoms with Crippen LogP contribution in [0.5, 0.6) is 0 Å². The molecule has 4 aromatic rings. The van der Waals surface area contributed by atoms with E-state index in [4.69, 9.17) is 11.6 Å². The number of nitriles is 2. The highest BCUT2D eigenvalue weighted by Crippen LogP contribution is 2.50. The number of amides is 2. The molecule has 1 aliphatic rings. The molecular weight excluding hydrogens is 501 g/mol. The summed E-state index contributed by atoms with van der Waals surface area (Å²) in [6.45, 7) is 0.223. The fraction of sp³-hybridized carbons (Fsp3) is 0.190. The normalized spacial score (nSPS) is 17.0. The van der Waals surface area contributed by atoms with E-state index < -0.39 is 24.2 Å². The number of anilines is 2. The minimum absolute atomic E-state index is 0.0236. The molecule has 1 atom stereocenters. The molecular formula is C21H12ClF3N10O. The number of nitrogens with one attached hydrogen (secondary N) is 1. The van der Waals surface area contributed by atoms with Gasteiger partial charge in [-0.05, 0) is 19.1 Å². The van der Waals surface area contributed by atoms with Gasteiger partial charge in [-0.2, -0.15) is 33.9 Å². The lowest BCUT2D eigenvalue weighted by atomic mass is 9.88. The molecule has 0 bridgehead atoms. The molecule has 5 rings (SSSR count). The molecule has 0 saturated carbocycles. The minimum atomic E-state index is -4.73. The molecule has 0 fully saturated rings. The van der Waals surface area contributed by atoms with E-state index in [1.165, 1.54) is 30.6 Å². The van der Waals surface area contributed by atoms with Crippen LogP contribution in [0.4, 0.5) is 29.3 Å². The quantitative estimate of drug-likeness (QED) is 0.432. The molecule has 1 N–H and O–H groups in total. The van der Waals surface area contributed by atoms with Crippen molar-refractivity contribution in [3.05, 3.63) is 58.9 Å².